The normalized spacial score (nSPS) is 32.4. The van der Waals surface area contributed by atoms with Crippen LogP contribution < -0.4 is 0 Å². The molecule has 0 aromatic carbocycles. The molecule has 0 saturated heterocycles. The molecule has 3 atom stereocenters. The topological polar surface area (TPSA) is 26.3 Å². The molecule has 0 heterocycles. The molecule has 1 fully saturated rings. The van der Waals surface area contributed by atoms with E-state index < -0.39 is 0 Å². The number of hydrogen-bond acceptors (Lipinski definition) is 2. The van der Waals surface area contributed by atoms with E-state index in [0.717, 1.165) is 12.8 Å². The lowest BCUT2D eigenvalue weighted by atomic mass is 9.78. The summed E-state index contributed by atoms with van der Waals surface area (Å²) in [5, 5.41) is 0. The molecule has 1 rings (SSSR count). The Kier molecular flexibility index (Phi) is 3.73. The number of carbonyl (C=O) groups excluding carboxylic acids is 1. The van der Waals surface area contributed by atoms with Crippen LogP contribution in [0, 0.1) is 11.8 Å². The predicted octanol–water partition coefficient (Wildman–Crippen LogP) is 2.93. The summed E-state index contributed by atoms with van der Waals surface area (Å²) >= 11 is 0. The molecule has 1 saturated carbocycles. The van der Waals surface area contributed by atoms with Crippen molar-refractivity contribution >= 4 is 5.97 Å². The monoisotopic (exact) mass is 196 g/mol. The van der Waals surface area contributed by atoms with Crippen molar-refractivity contribution in [2.24, 2.45) is 11.8 Å². The summed E-state index contributed by atoms with van der Waals surface area (Å²) < 4.78 is 5.30. The molecule has 14 heavy (non-hydrogen) atoms. The maximum absolute atomic E-state index is 10.9. The number of allylic oxidation sites excluding steroid dienone is 1. The first-order valence-electron chi connectivity index (χ1n) is 5.33. The highest BCUT2D eigenvalue weighted by Crippen LogP contribution is 2.34. The fraction of sp³-hybridized carbons (Fsp3) is 0.750. The van der Waals surface area contributed by atoms with Crippen molar-refractivity contribution < 1.29 is 9.53 Å². The molecule has 0 aliphatic heterocycles. The van der Waals surface area contributed by atoms with Gasteiger partial charge in [-0.15, -0.1) is 0 Å². The Morgan fingerprint density at radius 2 is 2.00 bits per heavy atom. The van der Waals surface area contributed by atoms with Crippen LogP contribution in [-0.2, 0) is 9.53 Å². The molecule has 0 aromatic heterocycles. The van der Waals surface area contributed by atoms with E-state index in [2.05, 4.69) is 20.4 Å². The summed E-state index contributed by atoms with van der Waals surface area (Å²) in [6.07, 6.45) is 3.38. The van der Waals surface area contributed by atoms with Gasteiger partial charge in [0.05, 0.1) is 0 Å². The molecule has 1 aliphatic rings. The summed E-state index contributed by atoms with van der Waals surface area (Å²) in [5.74, 6) is 0.870. The van der Waals surface area contributed by atoms with E-state index in [1.54, 1.807) is 0 Å². The van der Waals surface area contributed by atoms with E-state index in [-0.39, 0.29) is 12.1 Å². The van der Waals surface area contributed by atoms with Crippen LogP contribution in [0.1, 0.15) is 40.0 Å². The van der Waals surface area contributed by atoms with Crippen LogP contribution in [0.5, 0.6) is 0 Å². The second-order valence-corrected chi connectivity index (χ2v) is 4.48. The largest absolute Gasteiger partial charge is 0.462 e. The number of rotatable bonds is 2. The number of hydrogen-bond donors (Lipinski definition) is 0. The van der Waals surface area contributed by atoms with Crippen LogP contribution in [0.25, 0.3) is 0 Å². The Morgan fingerprint density at radius 3 is 2.50 bits per heavy atom. The van der Waals surface area contributed by atoms with Crippen LogP contribution in [0.15, 0.2) is 12.2 Å². The van der Waals surface area contributed by atoms with E-state index in [1.165, 1.54) is 18.9 Å². The van der Waals surface area contributed by atoms with Crippen LogP contribution in [0.2, 0.25) is 0 Å². The third kappa shape index (κ3) is 2.86. The van der Waals surface area contributed by atoms with Gasteiger partial charge in [0.1, 0.15) is 6.10 Å². The summed E-state index contributed by atoms with van der Waals surface area (Å²) in [6.45, 7) is 9.68. The van der Waals surface area contributed by atoms with Crippen molar-refractivity contribution in [2.45, 2.75) is 46.1 Å². The maximum atomic E-state index is 10.9. The van der Waals surface area contributed by atoms with Crippen LogP contribution in [-0.4, -0.2) is 12.1 Å². The SMILES string of the molecule is C=C(C)C1CCC(C)[C@H](OC(C)=O)C1. The van der Waals surface area contributed by atoms with Gasteiger partial charge in [-0.2, -0.15) is 0 Å². The molecule has 0 amide bonds. The molecule has 0 spiro atoms. The highest BCUT2D eigenvalue weighted by molar-refractivity contribution is 5.66. The molecular weight excluding hydrogens is 176 g/mol. The molecule has 1 aliphatic carbocycles. The predicted molar refractivity (Wildman–Crippen MR) is 56.9 cm³/mol. The van der Waals surface area contributed by atoms with Gasteiger partial charge < -0.3 is 4.74 Å². The third-order valence-electron chi connectivity index (χ3n) is 3.14. The zero-order chi connectivity index (χ0) is 10.7. The summed E-state index contributed by atoms with van der Waals surface area (Å²) in [4.78, 5) is 10.9. The van der Waals surface area contributed by atoms with Gasteiger partial charge in [0.2, 0.25) is 0 Å². The fourth-order valence-electron chi connectivity index (χ4n) is 2.11. The zero-order valence-electron chi connectivity index (χ0n) is 9.38. The minimum absolute atomic E-state index is 0.1000. The molecule has 0 bridgehead atoms. The Balaban J connectivity index is 2.55. The molecule has 2 heteroatoms. The van der Waals surface area contributed by atoms with E-state index >= 15 is 0 Å². The molecule has 2 nitrogen and oxygen atoms in total. The smallest absolute Gasteiger partial charge is 0.302 e. The minimum atomic E-state index is -0.163. The molecule has 2 unspecified atom stereocenters. The van der Waals surface area contributed by atoms with Gasteiger partial charge in [-0.05, 0) is 38.0 Å². The fourth-order valence-corrected chi connectivity index (χ4v) is 2.11. The Bertz CT molecular complexity index is 232. The van der Waals surface area contributed by atoms with Gasteiger partial charge in [0.25, 0.3) is 0 Å². The number of carbonyl (C=O) groups is 1. The van der Waals surface area contributed by atoms with Gasteiger partial charge >= 0.3 is 5.97 Å². The lowest BCUT2D eigenvalue weighted by Gasteiger charge is -2.33. The molecule has 0 aromatic rings. The molecule has 0 radical (unpaired) electrons. The van der Waals surface area contributed by atoms with E-state index in [1.807, 2.05) is 0 Å². The van der Waals surface area contributed by atoms with Gasteiger partial charge in [-0.1, -0.05) is 19.1 Å². The quantitative estimate of drug-likeness (QED) is 0.501. The van der Waals surface area contributed by atoms with Gasteiger partial charge in [0, 0.05) is 6.92 Å². The van der Waals surface area contributed by atoms with Crippen molar-refractivity contribution in [1.29, 1.82) is 0 Å². The lowest BCUT2D eigenvalue weighted by molar-refractivity contribution is -0.151. The van der Waals surface area contributed by atoms with Crippen molar-refractivity contribution in [3.8, 4) is 0 Å². The van der Waals surface area contributed by atoms with E-state index in [0.29, 0.717) is 11.8 Å². The maximum Gasteiger partial charge on any atom is 0.302 e. The Labute approximate surface area is 86.3 Å². The average molecular weight is 196 g/mol. The van der Waals surface area contributed by atoms with Gasteiger partial charge in [-0.25, -0.2) is 0 Å². The lowest BCUT2D eigenvalue weighted by Crippen LogP contribution is -2.31. The third-order valence-corrected chi connectivity index (χ3v) is 3.14. The zero-order valence-corrected chi connectivity index (χ0v) is 9.38. The van der Waals surface area contributed by atoms with E-state index in [9.17, 15) is 4.79 Å². The van der Waals surface area contributed by atoms with Crippen LogP contribution in [0.4, 0.5) is 0 Å². The average Bonchev–Trinajstić information content (AvgIpc) is 2.07. The van der Waals surface area contributed by atoms with Crippen LogP contribution in [0.3, 0.4) is 0 Å². The minimum Gasteiger partial charge on any atom is -0.462 e. The van der Waals surface area contributed by atoms with Gasteiger partial charge in [0.15, 0.2) is 0 Å². The number of esters is 1. The molecule has 80 valence electrons. The second-order valence-electron chi connectivity index (χ2n) is 4.48. The first-order chi connectivity index (χ1) is 6.50. The number of ether oxygens (including phenoxy) is 1. The second kappa shape index (κ2) is 4.63. The summed E-state index contributed by atoms with van der Waals surface area (Å²) in [5.41, 5.74) is 1.22. The summed E-state index contributed by atoms with van der Waals surface area (Å²) in [6, 6.07) is 0. The van der Waals surface area contributed by atoms with Crippen molar-refractivity contribution in [3.05, 3.63) is 12.2 Å². The first-order valence-corrected chi connectivity index (χ1v) is 5.33. The van der Waals surface area contributed by atoms with Crippen molar-refractivity contribution in [3.63, 3.8) is 0 Å². The van der Waals surface area contributed by atoms with Gasteiger partial charge in [-0.3, -0.25) is 4.79 Å². The molecular formula is C12H20O2. The standard InChI is InChI=1S/C12H20O2/c1-8(2)11-6-5-9(3)12(7-11)14-10(4)13/h9,11-12H,1,5-7H2,2-4H3/t9?,11?,12-/m1/s1. The van der Waals surface area contributed by atoms with Crippen molar-refractivity contribution in [1.82, 2.24) is 0 Å². The highest BCUT2D eigenvalue weighted by Gasteiger charge is 2.29. The van der Waals surface area contributed by atoms with Crippen molar-refractivity contribution in [2.75, 3.05) is 0 Å². The van der Waals surface area contributed by atoms with E-state index in [4.69, 9.17) is 4.74 Å². The Morgan fingerprint density at radius 1 is 1.36 bits per heavy atom. The molecule has 0 N–H and O–H groups in total. The summed E-state index contributed by atoms with van der Waals surface area (Å²) in [7, 11) is 0. The van der Waals surface area contributed by atoms with Crippen LogP contribution >= 0.6 is 0 Å². The first kappa shape index (κ1) is 11.3. The highest BCUT2D eigenvalue weighted by atomic mass is 16.5. The Hall–Kier alpha value is -0.790.